The number of aromatic nitrogens is 2. The smallest absolute Gasteiger partial charge is 0.218 e. The van der Waals surface area contributed by atoms with Gasteiger partial charge in [0, 0.05) is 5.56 Å². The van der Waals surface area contributed by atoms with Crippen molar-refractivity contribution in [2.45, 2.75) is 0 Å². The number of pyridine rings is 1. The molecule has 98 valence electrons. The van der Waals surface area contributed by atoms with Gasteiger partial charge in [0.2, 0.25) is 12.0 Å². The van der Waals surface area contributed by atoms with Crippen molar-refractivity contribution in [2.24, 2.45) is 0 Å². The van der Waals surface area contributed by atoms with Crippen LogP contribution in [0, 0.1) is 22.4 Å². The van der Waals surface area contributed by atoms with Crippen molar-refractivity contribution in [1.82, 2.24) is 4.98 Å². The van der Waals surface area contributed by atoms with E-state index in [-0.39, 0.29) is 5.52 Å². The molecule has 0 saturated carbocycles. The third-order valence-electron chi connectivity index (χ3n) is 2.71. The number of benzene rings is 1. The van der Waals surface area contributed by atoms with Gasteiger partial charge in [-0.3, -0.25) is 0 Å². The lowest BCUT2D eigenvalue weighted by atomic mass is 10.1. The fraction of sp³-hybridized carbons (Fsp3) is 0. The van der Waals surface area contributed by atoms with E-state index in [0.29, 0.717) is 30.6 Å². The van der Waals surface area contributed by atoms with Crippen LogP contribution in [0.3, 0.4) is 0 Å². The number of thiazole rings is 1. The van der Waals surface area contributed by atoms with Gasteiger partial charge in [0.25, 0.3) is 0 Å². The zero-order chi connectivity index (χ0) is 14.3. The largest absolute Gasteiger partial charge is 0.619 e. The summed E-state index contributed by atoms with van der Waals surface area (Å²) in [5.74, 6) is -0.703. The van der Waals surface area contributed by atoms with Gasteiger partial charge < -0.3 is 5.21 Å². The maximum atomic E-state index is 13.7. The molecule has 0 aliphatic heterocycles. The Balaban J connectivity index is 2.32. The van der Waals surface area contributed by atoms with Gasteiger partial charge >= 0.3 is 0 Å². The van der Waals surface area contributed by atoms with Crippen LogP contribution in [0.1, 0.15) is 5.56 Å². The number of hydrogen-bond donors (Lipinski definition) is 0. The highest BCUT2D eigenvalue weighted by atomic mass is 35.5. The Morgan fingerprint density at radius 3 is 2.95 bits per heavy atom. The first-order chi connectivity index (χ1) is 9.60. The molecule has 0 radical (unpaired) electrons. The Morgan fingerprint density at radius 2 is 2.20 bits per heavy atom. The van der Waals surface area contributed by atoms with Crippen molar-refractivity contribution in [3.05, 3.63) is 52.2 Å². The topological polar surface area (TPSA) is 63.6 Å². The van der Waals surface area contributed by atoms with E-state index >= 15 is 0 Å². The van der Waals surface area contributed by atoms with Crippen LogP contribution in [-0.4, -0.2) is 4.98 Å². The van der Waals surface area contributed by atoms with Gasteiger partial charge in [0.15, 0.2) is 6.20 Å². The molecule has 0 amide bonds. The van der Waals surface area contributed by atoms with E-state index in [1.54, 1.807) is 18.2 Å². The minimum Gasteiger partial charge on any atom is -0.619 e. The number of fused-ring (bicyclic) bond motifs is 1. The Kier molecular flexibility index (Phi) is 3.01. The summed E-state index contributed by atoms with van der Waals surface area (Å²) in [6.07, 6.45) is 2.05. The molecule has 4 nitrogen and oxygen atoms in total. The first-order valence-electron chi connectivity index (χ1n) is 5.48. The van der Waals surface area contributed by atoms with Crippen LogP contribution in [0.5, 0.6) is 0 Å². The molecule has 20 heavy (non-hydrogen) atoms. The molecule has 0 saturated heterocycles. The van der Waals surface area contributed by atoms with Gasteiger partial charge in [0.1, 0.15) is 15.2 Å². The minimum absolute atomic E-state index is 0.0981. The van der Waals surface area contributed by atoms with E-state index < -0.39 is 5.82 Å². The second kappa shape index (κ2) is 4.71. The molecule has 0 aliphatic carbocycles. The standard InChI is InChI=1S/C13H5ClFN3OS/c14-8-3-1-2-7(4-16)11(8)13-17-12-9(15)5-18(19)6-10(12)20-13/h1-3,5-6H. The maximum Gasteiger partial charge on any atom is 0.218 e. The van der Waals surface area contributed by atoms with Crippen molar-refractivity contribution < 1.29 is 9.12 Å². The van der Waals surface area contributed by atoms with E-state index in [1.165, 1.54) is 6.20 Å². The molecule has 3 aromatic rings. The van der Waals surface area contributed by atoms with Gasteiger partial charge in [-0.2, -0.15) is 14.4 Å². The molecule has 1 aromatic carbocycles. The Bertz CT molecular complexity index is 872. The zero-order valence-electron chi connectivity index (χ0n) is 9.80. The van der Waals surface area contributed by atoms with Crippen LogP contribution >= 0.6 is 22.9 Å². The minimum atomic E-state index is -0.703. The number of hydrogen-bond acceptors (Lipinski definition) is 4. The van der Waals surface area contributed by atoms with Crippen molar-refractivity contribution in [3.63, 3.8) is 0 Å². The molecular formula is C13H5ClFN3OS. The molecule has 0 N–H and O–H groups in total. The summed E-state index contributed by atoms with van der Waals surface area (Å²) < 4.78 is 14.5. The lowest BCUT2D eigenvalue weighted by Crippen LogP contribution is -2.24. The molecule has 0 unspecified atom stereocenters. The molecule has 0 bridgehead atoms. The second-order valence-corrected chi connectivity index (χ2v) is 5.41. The van der Waals surface area contributed by atoms with E-state index in [4.69, 9.17) is 16.9 Å². The van der Waals surface area contributed by atoms with E-state index in [2.05, 4.69) is 4.98 Å². The molecule has 0 spiro atoms. The molecule has 7 heteroatoms. The van der Waals surface area contributed by atoms with Crippen molar-refractivity contribution >= 4 is 33.2 Å². The Labute approximate surface area is 121 Å². The van der Waals surface area contributed by atoms with Crippen LogP contribution in [0.25, 0.3) is 20.8 Å². The lowest BCUT2D eigenvalue weighted by Gasteiger charge is -2.01. The lowest BCUT2D eigenvalue weighted by molar-refractivity contribution is -0.605. The highest BCUT2D eigenvalue weighted by molar-refractivity contribution is 7.21. The van der Waals surface area contributed by atoms with Crippen LogP contribution in [0.4, 0.5) is 4.39 Å². The van der Waals surface area contributed by atoms with Crippen molar-refractivity contribution in [3.8, 4) is 16.6 Å². The maximum absolute atomic E-state index is 13.7. The third kappa shape index (κ3) is 1.97. The molecular weight excluding hydrogens is 301 g/mol. The second-order valence-electron chi connectivity index (χ2n) is 3.97. The number of rotatable bonds is 1. The highest BCUT2D eigenvalue weighted by Crippen LogP contribution is 2.36. The quantitative estimate of drug-likeness (QED) is 0.512. The number of halogens is 2. The summed E-state index contributed by atoms with van der Waals surface area (Å²) >= 11 is 7.21. The van der Waals surface area contributed by atoms with Crippen LogP contribution in [0.2, 0.25) is 5.02 Å². The van der Waals surface area contributed by atoms with E-state index in [9.17, 15) is 9.60 Å². The van der Waals surface area contributed by atoms with Crippen LogP contribution in [0.15, 0.2) is 30.6 Å². The molecule has 2 heterocycles. The Hall–Kier alpha value is -2.23. The summed E-state index contributed by atoms with van der Waals surface area (Å²) in [5.41, 5.74) is 0.905. The van der Waals surface area contributed by atoms with Gasteiger partial charge in [0.05, 0.1) is 16.7 Å². The summed E-state index contributed by atoms with van der Waals surface area (Å²) in [4.78, 5) is 4.15. The molecule has 0 aliphatic rings. The fourth-order valence-corrected chi connectivity index (χ4v) is 3.24. The first kappa shape index (κ1) is 12.8. The highest BCUT2D eigenvalue weighted by Gasteiger charge is 2.18. The predicted molar refractivity (Wildman–Crippen MR) is 73.7 cm³/mol. The average Bonchev–Trinajstić information content (AvgIpc) is 2.81. The number of nitriles is 1. The van der Waals surface area contributed by atoms with Crippen molar-refractivity contribution in [1.29, 1.82) is 5.26 Å². The van der Waals surface area contributed by atoms with E-state index in [1.807, 2.05) is 6.07 Å². The molecule has 2 aromatic heterocycles. The normalized spacial score (nSPS) is 10.7. The zero-order valence-corrected chi connectivity index (χ0v) is 11.4. The van der Waals surface area contributed by atoms with Crippen molar-refractivity contribution in [2.75, 3.05) is 0 Å². The molecule has 3 rings (SSSR count). The monoisotopic (exact) mass is 305 g/mol. The number of nitrogens with zero attached hydrogens (tertiary/aromatic N) is 3. The van der Waals surface area contributed by atoms with Crippen LogP contribution in [-0.2, 0) is 0 Å². The third-order valence-corrected chi connectivity index (χ3v) is 4.04. The van der Waals surface area contributed by atoms with Gasteiger partial charge in [-0.25, -0.2) is 4.98 Å². The molecule has 0 fully saturated rings. The van der Waals surface area contributed by atoms with E-state index in [0.717, 1.165) is 17.5 Å². The van der Waals surface area contributed by atoms with Gasteiger partial charge in [-0.15, -0.1) is 11.3 Å². The molecule has 0 atom stereocenters. The average molecular weight is 306 g/mol. The summed E-state index contributed by atoms with van der Waals surface area (Å²) in [6, 6.07) is 6.92. The predicted octanol–water partition coefficient (Wildman–Crippen LogP) is 3.26. The summed E-state index contributed by atoms with van der Waals surface area (Å²) in [6.45, 7) is 0. The first-order valence-corrected chi connectivity index (χ1v) is 6.67. The summed E-state index contributed by atoms with van der Waals surface area (Å²) in [5, 5.41) is 21.1. The fourth-order valence-electron chi connectivity index (χ4n) is 1.86. The van der Waals surface area contributed by atoms with Crippen LogP contribution < -0.4 is 4.73 Å². The van der Waals surface area contributed by atoms with Gasteiger partial charge in [-0.1, -0.05) is 17.7 Å². The van der Waals surface area contributed by atoms with Gasteiger partial charge in [-0.05, 0) is 12.1 Å². The summed E-state index contributed by atoms with van der Waals surface area (Å²) in [7, 11) is 0. The Morgan fingerprint density at radius 1 is 1.40 bits per heavy atom. The SMILES string of the molecule is N#Cc1cccc(Cl)c1-c1nc2c(F)c[n+]([O-])cc2s1.